The Bertz CT molecular complexity index is 3820. The van der Waals surface area contributed by atoms with Gasteiger partial charge < -0.3 is 9.13 Å². The van der Waals surface area contributed by atoms with E-state index in [1.54, 1.807) is 0 Å². The van der Waals surface area contributed by atoms with Crippen LogP contribution >= 0.6 is 0 Å². The summed E-state index contributed by atoms with van der Waals surface area (Å²) in [6.45, 7) is 9.48. The summed E-state index contributed by atoms with van der Waals surface area (Å²) in [7, 11) is 0. The normalized spacial score (nSPS) is 14.1. The molecule has 0 saturated heterocycles. The van der Waals surface area contributed by atoms with E-state index >= 15 is 0 Å². The summed E-state index contributed by atoms with van der Waals surface area (Å²) < 4.78 is 4.98. The van der Waals surface area contributed by atoms with Gasteiger partial charge in [-0.25, -0.2) is 9.97 Å². The molecule has 0 unspecified atom stereocenters. The molecule has 12 aromatic rings. The van der Waals surface area contributed by atoms with Crippen LogP contribution < -0.4 is 0 Å². The zero-order valence-corrected chi connectivity index (χ0v) is 38.4. The molecule has 14 rings (SSSR count). The third kappa shape index (κ3) is 5.49. The molecule has 3 aromatic heterocycles. The Labute approximate surface area is 395 Å². The quantitative estimate of drug-likeness (QED) is 0.173. The zero-order valence-electron chi connectivity index (χ0n) is 38.4. The predicted molar refractivity (Wildman–Crippen MR) is 282 cm³/mol. The van der Waals surface area contributed by atoms with Crippen molar-refractivity contribution in [1.82, 2.24) is 19.1 Å². The number of benzene rings is 9. The first-order valence-corrected chi connectivity index (χ1v) is 23.7. The molecule has 0 amide bonds. The van der Waals surface area contributed by atoms with E-state index in [1.165, 1.54) is 77.1 Å². The maximum absolute atomic E-state index is 5.44. The molecule has 4 heteroatoms. The third-order valence-electron chi connectivity index (χ3n) is 15.3. The zero-order chi connectivity index (χ0) is 45.5. The fraction of sp³-hybridized carbons (Fsp3) is 0.0938. The van der Waals surface area contributed by atoms with Crippen LogP contribution in [0.5, 0.6) is 0 Å². The van der Waals surface area contributed by atoms with Crippen LogP contribution in [-0.2, 0) is 10.8 Å². The van der Waals surface area contributed by atoms with E-state index in [2.05, 4.69) is 243 Å². The van der Waals surface area contributed by atoms with Gasteiger partial charge in [-0.1, -0.05) is 173 Å². The Morgan fingerprint density at radius 3 is 1.19 bits per heavy atom. The molecule has 0 radical (unpaired) electrons. The highest BCUT2D eigenvalue weighted by Gasteiger charge is 2.38. The van der Waals surface area contributed by atoms with Gasteiger partial charge in [-0.3, -0.25) is 0 Å². The molecular weight excluding hydrogens is 825 g/mol. The van der Waals surface area contributed by atoms with Crippen LogP contribution in [0.1, 0.15) is 49.9 Å². The molecule has 2 aliphatic carbocycles. The summed E-state index contributed by atoms with van der Waals surface area (Å²) in [4.78, 5) is 10.9. The SMILES string of the molecule is CC1(C)c2ccccc2-c2cc3c4ccccc4n(-c4cc(-c5nc(-c6ccccc6)cc(-c6ccccc6)n5)cc(-n5c6ccccc6c6cc7c(cc65)C(C)(C)c5ccccc5-7)c4)c3cc21. The topological polar surface area (TPSA) is 35.6 Å². The average molecular weight is 871 g/mol. The summed E-state index contributed by atoms with van der Waals surface area (Å²) in [6, 6.07) is 75.6. The van der Waals surface area contributed by atoms with Crippen molar-refractivity contribution in [3.8, 4) is 67.5 Å². The second-order valence-electron chi connectivity index (χ2n) is 19.8. The number of rotatable bonds is 5. The average Bonchev–Trinajstić information content (AvgIpc) is 4.04. The second-order valence-corrected chi connectivity index (χ2v) is 19.8. The van der Waals surface area contributed by atoms with Gasteiger partial charge in [0, 0.05) is 60.4 Å². The lowest BCUT2D eigenvalue weighted by Crippen LogP contribution is -2.15. The first kappa shape index (κ1) is 38.9. The molecule has 0 aliphatic heterocycles. The van der Waals surface area contributed by atoms with Crippen molar-refractivity contribution >= 4 is 43.6 Å². The molecule has 0 atom stereocenters. The van der Waals surface area contributed by atoms with Crippen LogP contribution in [0, 0.1) is 0 Å². The van der Waals surface area contributed by atoms with Crippen LogP contribution in [0.4, 0.5) is 0 Å². The predicted octanol–water partition coefficient (Wildman–Crippen LogP) is 16.3. The highest BCUT2D eigenvalue weighted by Crippen LogP contribution is 2.53. The number of hydrogen-bond donors (Lipinski definition) is 0. The molecule has 0 fully saturated rings. The summed E-state index contributed by atoms with van der Waals surface area (Å²) in [6.07, 6.45) is 0. The van der Waals surface area contributed by atoms with Gasteiger partial charge in [0.2, 0.25) is 0 Å². The fourth-order valence-corrected chi connectivity index (χ4v) is 12.0. The molecule has 68 heavy (non-hydrogen) atoms. The number of nitrogens with zero attached hydrogens (tertiary/aromatic N) is 4. The lowest BCUT2D eigenvalue weighted by atomic mass is 9.82. The van der Waals surface area contributed by atoms with E-state index < -0.39 is 0 Å². The standard InChI is InChI=1S/C64H46N4/c1-63(2)52-27-15-11-23-44(52)48-34-50-46-25-13-17-29-58(46)67(60(50)36-54(48)63)42-31-41(62-65-56(39-19-7-5-8-20-39)38-57(66-62)40-21-9-6-10-22-40)32-43(33-42)68-59-30-18-14-26-47(59)51-35-49-45-24-12-16-28-53(45)64(3,4)55(49)37-61(51)68/h5-38H,1-4H3. The van der Waals surface area contributed by atoms with E-state index in [1.807, 2.05) is 0 Å². The van der Waals surface area contributed by atoms with Gasteiger partial charge in [0.15, 0.2) is 5.82 Å². The van der Waals surface area contributed by atoms with E-state index in [9.17, 15) is 0 Å². The van der Waals surface area contributed by atoms with Crippen molar-refractivity contribution in [2.24, 2.45) is 0 Å². The van der Waals surface area contributed by atoms with E-state index in [0.717, 1.165) is 50.5 Å². The van der Waals surface area contributed by atoms with E-state index in [4.69, 9.17) is 9.97 Å². The van der Waals surface area contributed by atoms with Crippen molar-refractivity contribution in [2.45, 2.75) is 38.5 Å². The Morgan fingerprint density at radius 2 is 0.721 bits per heavy atom. The Kier molecular flexibility index (Phi) is 8.06. The summed E-state index contributed by atoms with van der Waals surface area (Å²) in [5.41, 5.74) is 21.9. The number of aromatic nitrogens is 4. The van der Waals surface area contributed by atoms with Gasteiger partial charge in [-0.15, -0.1) is 0 Å². The third-order valence-corrected chi connectivity index (χ3v) is 15.3. The molecule has 4 nitrogen and oxygen atoms in total. The van der Waals surface area contributed by atoms with Gasteiger partial charge in [0.1, 0.15) is 0 Å². The van der Waals surface area contributed by atoms with Crippen LogP contribution in [0.15, 0.2) is 206 Å². The van der Waals surface area contributed by atoms with Crippen LogP contribution in [0.25, 0.3) is 111 Å². The van der Waals surface area contributed by atoms with Crippen molar-refractivity contribution in [3.05, 3.63) is 229 Å². The monoisotopic (exact) mass is 870 g/mol. The minimum Gasteiger partial charge on any atom is -0.309 e. The highest BCUT2D eigenvalue weighted by atomic mass is 15.0. The number of hydrogen-bond acceptors (Lipinski definition) is 2. The van der Waals surface area contributed by atoms with Crippen molar-refractivity contribution < 1.29 is 0 Å². The first-order chi connectivity index (χ1) is 33.2. The lowest BCUT2D eigenvalue weighted by Gasteiger charge is -2.22. The molecule has 0 bridgehead atoms. The molecule has 322 valence electrons. The van der Waals surface area contributed by atoms with Gasteiger partial charge >= 0.3 is 0 Å². The van der Waals surface area contributed by atoms with Crippen molar-refractivity contribution in [2.75, 3.05) is 0 Å². The summed E-state index contributed by atoms with van der Waals surface area (Å²) >= 11 is 0. The molecule has 0 N–H and O–H groups in total. The molecule has 0 spiro atoms. The van der Waals surface area contributed by atoms with Gasteiger partial charge in [-0.05, 0) is 105 Å². The number of fused-ring (bicyclic) bond motifs is 12. The van der Waals surface area contributed by atoms with Crippen LogP contribution in [-0.4, -0.2) is 19.1 Å². The molecular formula is C64H46N4. The Hall–Kier alpha value is -8.34. The second kappa shape index (κ2) is 14.1. The van der Waals surface area contributed by atoms with Crippen molar-refractivity contribution in [1.29, 1.82) is 0 Å². The largest absolute Gasteiger partial charge is 0.309 e. The highest BCUT2D eigenvalue weighted by molar-refractivity contribution is 6.13. The Balaban J connectivity index is 1.09. The Morgan fingerprint density at radius 1 is 0.309 bits per heavy atom. The first-order valence-electron chi connectivity index (χ1n) is 23.7. The lowest BCUT2D eigenvalue weighted by molar-refractivity contribution is 0.661. The fourth-order valence-electron chi connectivity index (χ4n) is 12.0. The number of para-hydroxylation sites is 2. The molecule has 0 saturated carbocycles. The molecule has 2 aliphatic rings. The summed E-state index contributed by atoms with van der Waals surface area (Å²) in [5.74, 6) is 0.671. The minimum absolute atomic E-state index is 0.162. The van der Waals surface area contributed by atoms with Gasteiger partial charge in [0.05, 0.1) is 33.5 Å². The minimum atomic E-state index is -0.162. The van der Waals surface area contributed by atoms with E-state index in [0.29, 0.717) is 5.82 Å². The summed E-state index contributed by atoms with van der Waals surface area (Å²) in [5, 5.41) is 4.92. The smallest absolute Gasteiger partial charge is 0.160 e. The van der Waals surface area contributed by atoms with Gasteiger partial charge in [0.25, 0.3) is 0 Å². The van der Waals surface area contributed by atoms with Crippen molar-refractivity contribution in [3.63, 3.8) is 0 Å². The molecule has 3 heterocycles. The van der Waals surface area contributed by atoms with Crippen LogP contribution in [0.2, 0.25) is 0 Å². The van der Waals surface area contributed by atoms with E-state index in [-0.39, 0.29) is 10.8 Å². The maximum Gasteiger partial charge on any atom is 0.160 e. The van der Waals surface area contributed by atoms with Gasteiger partial charge in [-0.2, -0.15) is 0 Å². The van der Waals surface area contributed by atoms with Crippen LogP contribution in [0.3, 0.4) is 0 Å². The molecule has 9 aromatic carbocycles. The maximum atomic E-state index is 5.44.